The monoisotopic (exact) mass is 321 g/mol. The number of sulfone groups is 1. The van der Waals surface area contributed by atoms with Crippen molar-refractivity contribution >= 4 is 33.2 Å². The van der Waals surface area contributed by atoms with Crippen molar-refractivity contribution in [3.05, 3.63) is 36.4 Å². The van der Waals surface area contributed by atoms with Gasteiger partial charge in [-0.1, -0.05) is 6.58 Å². The van der Waals surface area contributed by atoms with Gasteiger partial charge in [0.15, 0.2) is 9.84 Å². The Morgan fingerprint density at radius 3 is 2.41 bits per heavy atom. The number of hydrazone groups is 1. The summed E-state index contributed by atoms with van der Waals surface area (Å²) in [6.45, 7) is 5.05. The zero-order valence-corrected chi connectivity index (χ0v) is 13.0. The highest BCUT2D eigenvalue weighted by Crippen LogP contribution is 2.22. The number of hydrogen-bond donors (Lipinski definition) is 1. The summed E-state index contributed by atoms with van der Waals surface area (Å²) in [5, 5.41) is 7.65. The molecule has 0 fully saturated rings. The van der Waals surface area contributed by atoms with Gasteiger partial charge in [0.05, 0.1) is 17.0 Å². The Labute approximate surface area is 128 Å². The molecule has 1 aliphatic heterocycles. The van der Waals surface area contributed by atoms with Crippen LogP contribution in [-0.4, -0.2) is 32.3 Å². The van der Waals surface area contributed by atoms with Crippen LogP contribution in [0.4, 0.5) is 5.69 Å². The number of carbonyl (C=O) groups is 2. The SMILES string of the molecule is C=C(C)C(=O)NC1=NN(c2ccc(S(C)(=O)=O)cc2)C(=O)C1. The molecule has 1 heterocycles. The van der Waals surface area contributed by atoms with E-state index < -0.39 is 15.7 Å². The summed E-state index contributed by atoms with van der Waals surface area (Å²) in [5.41, 5.74) is 0.739. The zero-order valence-electron chi connectivity index (χ0n) is 12.2. The summed E-state index contributed by atoms with van der Waals surface area (Å²) < 4.78 is 22.8. The van der Waals surface area contributed by atoms with Gasteiger partial charge in [-0.25, -0.2) is 8.42 Å². The number of rotatable bonds is 3. The average Bonchev–Trinajstić information content (AvgIpc) is 2.78. The number of nitrogens with one attached hydrogen (secondary N) is 1. The van der Waals surface area contributed by atoms with Crippen LogP contribution in [0.5, 0.6) is 0 Å². The van der Waals surface area contributed by atoms with Gasteiger partial charge in [-0.2, -0.15) is 10.1 Å². The molecule has 0 saturated heterocycles. The normalized spacial score (nSPS) is 14.7. The molecule has 1 N–H and O–H groups in total. The topological polar surface area (TPSA) is 95.9 Å². The molecule has 0 aliphatic carbocycles. The third kappa shape index (κ3) is 3.40. The predicted molar refractivity (Wildman–Crippen MR) is 82.0 cm³/mol. The molecule has 1 aromatic rings. The zero-order chi connectivity index (χ0) is 16.5. The summed E-state index contributed by atoms with van der Waals surface area (Å²) in [7, 11) is -3.30. The minimum atomic E-state index is -3.30. The maximum Gasteiger partial charge on any atom is 0.255 e. The van der Waals surface area contributed by atoms with Crippen LogP contribution in [0.3, 0.4) is 0 Å². The molecule has 0 atom stereocenters. The molecule has 7 nitrogen and oxygen atoms in total. The first-order valence-corrected chi connectivity index (χ1v) is 8.25. The van der Waals surface area contributed by atoms with E-state index in [2.05, 4.69) is 17.0 Å². The van der Waals surface area contributed by atoms with Crippen LogP contribution in [-0.2, 0) is 19.4 Å². The Morgan fingerprint density at radius 2 is 1.91 bits per heavy atom. The predicted octanol–water partition coefficient (Wildman–Crippen LogP) is 0.833. The molecule has 0 bridgehead atoms. The summed E-state index contributed by atoms with van der Waals surface area (Å²) >= 11 is 0. The van der Waals surface area contributed by atoms with E-state index in [1.165, 1.54) is 24.3 Å². The number of amides is 2. The van der Waals surface area contributed by atoms with E-state index in [1.807, 2.05) is 0 Å². The third-order valence-corrected chi connectivity index (χ3v) is 4.06. The Kier molecular flexibility index (Phi) is 4.14. The molecular formula is C14H15N3O4S. The maximum absolute atomic E-state index is 11.9. The summed E-state index contributed by atoms with van der Waals surface area (Å²) in [6, 6.07) is 5.78. The molecule has 2 amide bonds. The third-order valence-electron chi connectivity index (χ3n) is 2.93. The van der Waals surface area contributed by atoms with Gasteiger partial charge in [0.1, 0.15) is 5.84 Å². The molecular weight excluding hydrogens is 306 g/mol. The summed E-state index contributed by atoms with van der Waals surface area (Å²) in [4.78, 5) is 23.6. The maximum atomic E-state index is 11.9. The molecule has 8 heteroatoms. The summed E-state index contributed by atoms with van der Waals surface area (Å²) in [6.07, 6.45) is 1.07. The molecule has 0 saturated carbocycles. The molecule has 0 aromatic heterocycles. The van der Waals surface area contributed by atoms with Crippen LogP contribution < -0.4 is 10.3 Å². The Hall–Kier alpha value is -2.48. The first kappa shape index (κ1) is 15.9. The second-order valence-corrected chi connectivity index (χ2v) is 6.95. The molecule has 0 spiro atoms. The number of amidine groups is 1. The Balaban J connectivity index is 2.22. The Morgan fingerprint density at radius 1 is 1.32 bits per heavy atom. The van der Waals surface area contributed by atoms with E-state index in [4.69, 9.17) is 0 Å². The standard InChI is InChI=1S/C14H15N3O4S/c1-9(2)14(19)15-12-8-13(18)17(16-12)10-4-6-11(7-5-10)22(3,20)21/h4-7H,1,8H2,2-3H3,(H,15,16,19). The van der Waals surface area contributed by atoms with Crippen molar-refractivity contribution in [1.82, 2.24) is 5.32 Å². The van der Waals surface area contributed by atoms with Gasteiger partial charge in [-0.15, -0.1) is 0 Å². The van der Waals surface area contributed by atoms with Crippen LogP contribution in [0.25, 0.3) is 0 Å². The molecule has 1 aliphatic rings. The molecule has 22 heavy (non-hydrogen) atoms. The molecule has 2 rings (SSSR count). The highest BCUT2D eigenvalue weighted by atomic mass is 32.2. The van der Waals surface area contributed by atoms with E-state index in [0.717, 1.165) is 11.3 Å². The van der Waals surface area contributed by atoms with Gasteiger partial charge in [0.25, 0.3) is 11.8 Å². The van der Waals surface area contributed by atoms with Gasteiger partial charge in [0.2, 0.25) is 0 Å². The lowest BCUT2D eigenvalue weighted by Crippen LogP contribution is -2.29. The fraction of sp³-hybridized carbons (Fsp3) is 0.214. The average molecular weight is 321 g/mol. The van der Waals surface area contributed by atoms with Gasteiger partial charge >= 0.3 is 0 Å². The van der Waals surface area contributed by atoms with Gasteiger partial charge < -0.3 is 5.32 Å². The van der Waals surface area contributed by atoms with Crippen molar-refractivity contribution in [2.75, 3.05) is 11.3 Å². The van der Waals surface area contributed by atoms with E-state index in [-0.39, 0.29) is 23.1 Å². The van der Waals surface area contributed by atoms with E-state index in [9.17, 15) is 18.0 Å². The van der Waals surface area contributed by atoms with Crippen LogP contribution in [0.15, 0.2) is 46.4 Å². The summed E-state index contributed by atoms with van der Waals surface area (Å²) in [5.74, 6) is -0.491. The van der Waals surface area contributed by atoms with Crippen LogP contribution in [0, 0.1) is 0 Å². The lowest BCUT2D eigenvalue weighted by atomic mass is 10.3. The second kappa shape index (κ2) is 5.72. The molecule has 0 radical (unpaired) electrons. The molecule has 1 aromatic carbocycles. The van der Waals surface area contributed by atoms with Crippen LogP contribution in [0.1, 0.15) is 13.3 Å². The van der Waals surface area contributed by atoms with E-state index >= 15 is 0 Å². The van der Waals surface area contributed by atoms with Gasteiger partial charge in [-0.05, 0) is 31.2 Å². The fourth-order valence-corrected chi connectivity index (χ4v) is 2.40. The number of hydrogen-bond acceptors (Lipinski definition) is 5. The fourth-order valence-electron chi connectivity index (χ4n) is 1.77. The van der Waals surface area contributed by atoms with Crippen LogP contribution >= 0.6 is 0 Å². The highest BCUT2D eigenvalue weighted by molar-refractivity contribution is 7.90. The van der Waals surface area contributed by atoms with Gasteiger partial charge in [-0.3, -0.25) is 9.59 Å². The van der Waals surface area contributed by atoms with Crippen molar-refractivity contribution in [1.29, 1.82) is 0 Å². The lowest BCUT2D eigenvalue weighted by molar-refractivity contribution is -0.116. The van der Waals surface area contributed by atoms with Crippen molar-refractivity contribution in [3.8, 4) is 0 Å². The number of anilines is 1. The Bertz CT molecular complexity index is 779. The number of benzene rings is 1. The van der Waals surface area contributed by atoms with Crippen molar-refractivity contribution in [3.63, 3.8) is 0 Å². The quantitative estimate of drug-likeness (QED) is 0.834. The number of nitrogens with zero attached hydrogens (tertiary/aromatic N) is 2. The molecule has 116 valence electrons. The molecule has 0 unspecified atom stereocenters. The number of carbonyl (C=O) groups excluding carboxylic acids is 2. The first-order chi connectivity index (χ1) is 10.2. The minimum Gasteiger partial charge on any atom is -0.308 e. The van der Waals surface area contributed by atoms with Crippen molar-refractivity contribution < 1.29 is 18.0 Å². The van der Waals surface area contributed by atoms with Crippen molar-refractivity contribution in [2.45, 2.75) is 18.2 Å². The minimum absolute atomic E-state index is 0.0349. The van der Waals surface area contributed by atoms with Crippen molar-refractivity contribution in [2.24, 2.45) is 5.10 Å². The van der Waals surface area contributed by atoms with Gasteiger partial charge in [0, 0.05) is 11.8 Å². The lowest BCUT2D eigenvalue weighted by Gasteiger charge is -2.11. The van der Waals surface area contributed by atoms with E-state index in [1.54, 1.807) is 6.92 Å². The van der Waals surface area contributed by atoms with E-state index in [0.29, 0.717) is 11.3 Å². The largest absolute Gasteiger partial charge is 0.308 e. The first-order valence-electron chi connectivity index (χ1n) is 6.36. The van der Waals surface area contributed by atoms with Crippen LogP contribution in [0.2, 0.25) is 0 Å². The highest BCUT2D eigenvalue weighted by Gasteiger charge is 2.26. The smallest absolute Gasteiger partial charge is 0.255 e. The second-order valence-electron chi connectivity index (χ2n) is 4.93.